The summed E-state index contributed by atoms with van der Waals surface area (Å²) in [7, 11) is 0. The number of aryl methyl sites for hydroxylation is 1. The number of hydrogen-bond acceptors (Lipinski definition) is 5. The normalized spacial score (nSPS) is 23.6. The number of H-pyrrole nitrogens is 1. The predicted octanol–water partition coefficient (Wildman–Crippen LogP) is 2.82. The fraction of sp³-hybridized carbons (Fsp3) is 0.316. The smallest absolute Gasteiger partial charge is 0.233 e. The van der Waals surface area contributed by atoms with Crippen molar-refractivity contribution in [2.24, 2.45) is 11.8 Å². The van der Waals surface area contributed by atoms with Crippen LogP contribution >= 0.6 is 11.6 Å². The molecule has 1 aliphatic carbocycles. The molecular formula is C19H17ClN6O. The van der Waals surface area contributed by atoms with E-state index in [4.69, 9.17) is 11.6 Å². The zero-order valence-corrected chi connectivity index (χ0v) is 15.4. The monoisotopic (exact) mass is 380 g/mol. The van der Waals surface area contributed by atoms with E-state index < -0.39 is 0 Å². The molecule has 27 heavy (non-hydrogen) atoms. The van der Waals surface area contributed by atoms with Crippen molar-refractivity contribution in [3.05, 3.63) is 52.8 Å². The van der Waals surface area contributed by atoms with Gasteiger partial charge >= 0.3 is 0 Å². The highest BCUT2D eigenvalue weighted by molar-refractivity contribution is 6.30. The van der Waals surface area contributed by atoms with Gasteiger partial charge in [0.05, 0.1) is 12.4 Å². The molecule has 136 valence electrons. The van der Waals surface area contributed by atoms with Gasteiger partial charge in [0.1, 0.15) is 0 Å². The third-order valence-electron chi connectivity index (χ3n) is 5.45. The molecule has 1 N–H and O–H groups in total. The van der Waals surface area contributed by atoms with E-state index in [1.807, 2.05) is 31.2 Å². The highest BCUT2D eigenvalue weighted by Gasteiger charge is 2.59. The van der Waals surface area contributed by atoms with Crippen molar-refractivity contribution in [2.45, 2.75) is 25.8 Å². The first-order valence-electron chi connectivity index (χ1n) is 8.89. The molecule has 2 aliphatic rings. The summed E-state index contributed by atoms with van der Waals surface area (Å²) >= 11 is 5.96. The number of anilines is 1. The summed E-state index contributed by atoms with van der Waals surface area (Å²) in [5, 5.41) is 15.7. The Kier molecular flexibility index (Phi) is 3.72. The Hall–Kier alpha value is -2.80. The number of hydrogen-bond donors (Lipinski definition) is 1. The Morgan fingerprint density at radius 1 is 1.22 bits per heavy atom. The van der Waals surface area contributed by atoms with E-state index in [9.17, 15) is 4.79 Å². The predicted molar refractivity (Wildman–Crippen MR) is 100 cm³/mol. The van der Waals surface area contributed by atoms with Gasteiger partial charge in [-0.25, -0.2) is 5.10 Å². The third-order valence-corrected chi connectivity index (χ3v) is 5.70. The number of piperidine rings is 1. The minimum atomic E-state index is -0.0194. The topological polar surface area (TPSA) is 87.7 Å². The first-order chi connectivity index (χ1) is 13.1. The van der Waals surface area contributed by atoms with Gasteiger partial charge in [0.15, 0.2) is 5.82 Å². The number of nitrogens with one attached hydrogen (secondary N) is 1. The van der Waals surface area contributed by atoms with Crippen LogP contribution in [0.1, 0.15) is 17.5 Å². The summed E-state index contributed by atoms with van der Waals surface area (Å²) in [6, 6.07) is 7.92. The van der Waals surface area contributed by atoms with E-state index in [2.05, 4.69) is 25.4 Å². The standard InChI is InChI=1S/C19H17ClN6O/c1-10-8-21-22-9-15(10)17-23-19(25-24-17)26-16-7-13(16)14(18(26)27)6-11-2-4-12(20)5-3-11/h2-5,8-9,13-14,16H,6-7H2,1H3,(H,23,24,25)/t13-,14+,16-/m0/s1. The Morgan fingerprint density at radius 3 is 2.78 bits per heavy atom. The quantitative estimate of drug-likeness (QED) is 0.751. The molecule has 0 spiro atoms. The van der Waals surface area contributed by atoms with Crippen LogP contribution in [0.15, 0.2) is 36.7 Å². The Balaban J connectivity index is 1.39. The van der Waals surface area contributed by atoms with Crippen molar-refractivity contribution >= 4 is 23.5 Å². The van der Waals surface area contributed by atoms with Crippen molar-refractivity contribution in [3.63, 3.8) is 0 Å². The molecule has 8 heteroatoms. The molecule has 7 nitrogen and oxygen atoms in total. The number of aromatic nitrogens is 5. The van der Waals surface area contributed by atoms with Crippen LogP contribution in [0.3, 0.4) is 0 Å². The number of aromatic amines is 1. The van der Waals surface area contributed by atoms with Crippen LogP contribution in [-0.2, 0) is 11.2 Å². The minimum Gasteiger partial charge on any atom is -0.277 e. The zero-order valence-electron chi connectivity index (χ0n) is 14.6. The van der Waals surface area contributed by atoms with Crippen molar-refractivity contribution in [1.29, 1.82) is 0 Å². The number of benzene rings is 1. The summed E-state index contributed by atoms with van der Waals surface area (Å²) in [5.41, 5.74) is 2.87. The van der Waals surface area contributed by atoms with E-state index in [0.717, 1.165) is 29.5 Å². The second-order valence-corrected chi connectivity index (χ2v) is 7.62. The van der Waals surface area contributed by atoms with Crippen LogP contribution in [-0.4, -0.2) is 37.3 Å². The van der Waals surface area contributed by atoms with E-state index in [-0.39, 0.29) is 17.9 Å². The molecule has 5 rings (SSSR count). The molecule has 1 saturated carbocycles. The van der Waals surface area contributed by atoms with Crippen LogP contribution in [0.2, 0.25) is 5.02 Å². The van der Waals surface area contributed by atoms with Crippen LogP contribution in [0.4, 0.5) is 5.95 Å². The Labute approximate surface area is 160 Å². The molecule has 1 aromatic carbocycles. The molecule has 2 aromatic heterocycles. The highest BCUT2D eigenvalue weighted by atomic mass is 35.5. The number of carbonyl (C=O) groups is 1. The molecule has 0 bridgehead atoms. The molecule has 1 saturated heterocycles. The van der Waals surface area contributed by atoms with Gasteiger partial charge in [-0.15, -0.1) is 0 Å². The molecule has 3 heterocycles. The maximum absolute atomic E-state index is 13.0. The van der Waals surface area contributed by atoms with Crippen molar-refractivity contribution in [2.75, 3.05) is 4.90 Å². The maximum Gasteiger partial charge on any atom is 0.233 e. The van der Waals surface area contributed by atoms with Crippen molar-refractivity contribution < 1.29 is 4.79 Å². The van der Waals surface area contributed by atoms with Gasteiger partial charge in [0, 0.05) is 22.5 Å². The van der Waals surface area contributed by atoms with Crippen LogP contribution in [0.25, 0.3) is 11.4 Å². The first-order valence-corrected chi connectivity index (χ1v) is 9.27. The molecule has 0 unspecified atom stereocenters. The van der Waals surface area contributed by atoms with Crippen LogP contribution in [0.5, 0.6) is 0 Å². The lowest BCUT2D eigenvalue weighted by Crippen LogP contribution is -2.33. The van der Waals surface area contributed by atoms with Gasteiger partial charge in [-0.1, -0.05) is 23.7 Å². The Bertz CT molecular complexity index is 1020. The molecule has 3 atom stereocenters. The average molecular weight is 381 g/mol. The molecule has 1 amide bonds. The lowest BCUT2D eigenvalue weighted by Gasteiger charge is -2.17. The molecule has 1 aliphatic heterocycles. The van der Waals surface area contributed by atoms with E-state index in [1.165, 1.54) is 0 Å². The van der Waals surface area contributed by atoms with Gasteiger partial charge < -0.3 is 0 Å². The maximum atomic E-state index is 13.0. The SMILES string of the molecule is Cc1cnncc1-c1n[nH]c(N2C(=O)[C@H](Cc3ccc(Cl)cc3)[C@@H]3C[C@@H]32)n1. The fourth-order valence-electron chi connectivity index (χ4n) is 3.93. The number of rotatable bonds is 4. The van der Waals surface area contributed by atoms with E-state index in [1.54, 1.807) is 17.3 Å². The average Bonchev–Trinajstić information content (AvgIpc) is 3.18. The lowest BCUT2D eigenvalue weighted by molar-refractivity contribution is -0.121. The number of halogens is 1. The number of fused-ring (bicyclic) bond motifs is 1. The van der Waals surface area contributed by atoms with E-state index >= 15 is 0 Å². The molecule has 0 radical (unpaired) electrons. The number of nitrogens with zero attached hydrogens (tertiary/aromatic N) is 5. The van der Waals surface area contributed by atoms with Crippen LogP contribution in [0, 0.1) is 18.8 Å². The molecule has 3 aromatic rings. The molecule has 2 fully saturated rings. The third kappa shape index (κ3) is 2.78. The lowest BCUT2D eigenvalue weighted by atomic mass is 9.95. The summed E-state index contributed by atoms with van der Waals surface area (Å²) in [5.74, 6) is 1.51. The van der Waals surface area contributed by atoms with Gasteiger partial charge in [0.2, 0.25) is 11.9 Å². The summed E-state index contributed by atoms with van der Waals surface area (Å²) < 4.78 is 0. The summed E-state index contributed by atoms with van der Waals surface area (Å²) in [6.07, 6.45) is 5.04. The van der Waals surface area contributed by atoms with Crippen molar-refractivity contribution in [1.82, 2.24) is 25.4 Å². The first kappa shape index (κ1) is 16.4. The van der Waals surface area contributed by atoms with E-state index in [0.29, 0.717) is 22.7 Å². The second-order valence-electron chi connectivity index (χ2n) is 7.18. The zero-order chi connectivity index (χ0) is 18.5. The molecular weight excluding hydrogens is 364 g/mol. The van der Waals surface area contributed by atoms with Gasteiger partial charge in [-0.3, -0.25) is 9.69 Å². The van der Waals surface area contributed by atoms with Crippen LogP contribution < -0.4 is 4.90 Å². The summed E-state index contributed by atoms with van der Waals surface area (Å²) in [6.45, 7) is 1.93. The Morgan fingerprint density at radius 2 is 2.00 bits per heavy atom. The van der Waals surface area contributed by atoms with Crippen molar-refractivity contribution in [3.8, 4) is 11.4 Å². The number of amides is 1. The largest absolute Gasteiger partial charge is 0.277 e. The van der Waals surface area contributed by atoms with Gasteiger partial charge in [0.25, 0.3) is 0 Å². The van der Waals surface area contributed by atoms with Gasteiger partial charge in [-0.05, 0) is 48.9 Å². The highest BCUT2D eigenvalue weighted by Crippen LogP contribution is 2.51. The second kappa shape index (κ2) is 6.13. The summed E-state index contributed by atoms with van der Waals surface area (Å²) in [4.78, 5) is 19.4. The fourth-order valence-corrected chi connectivity index (χ4v) is 4.05. The minimum absolute atomic E-state index is 0.0194. The van der Waals surface area contributed by atoms with Gasteiger partial charge in [-0.2, -0.15) is 20.3 Å². The number of carbonyl (C=O) groups excluding carboxylic acids is 1.